The molecule has 0 saturated heterocycles. The number of H-pyrrole nitrogens is 1. The fourth-order valence-corrected chi connectivity index (χ4v) is 5.50. The number of aryl methyl sites for hydroxylation is 1. The highest BCUT2D eigenvalue weighted by Gasteiger charge is 2.25. The third kappa shape index (κ3) is 4.80. The molecule has 4 aromatic carbocycles. The first-order chi connectivity index (χ1) is 18.7. The lowest BCUT2D eigenvalue weighted by Gasteiger charge is -2.24. The van der Waals surface area contributed by atoms with Crippen molar-refractivity contribution in [2.24, 2.45) is 0 Å². The molecule has 0 bridgehead atoms. The molecule has 2 heterocycles. The number of imidazole rings is 1. The van der Waals surface area contributed by atoms with E-state index < -0.39 is 0 Å². The first kappa shape index (κ1) is 24.0. The number of hydrogen-bond donors (Lipinski definition) is 1. The second-order valence-electron chi connectivity index (χ2n) is 10.0. The number of benzene rings is 4. The zero-order valence-corrected chi connectivity index (χ0v) is 21.7. The monoisotopic (exact) mass is 500 g/mol. The number of aromatic nitrogens is 2. The Morgan fingerprint density at radius 2 is 1.74 bits per heavy atom. The Kier molecular flexibility index (Phi) is 6.65. The van der Waals surface area contributed by atoms with Crippen molar-refractivity contribution in [2.45, 2.75) is 32.9 Å². The lowest BCUT2D eigenvalue weighted by molar-refractivity contribution is 0.0753. The number of nitrogens with zero attached hydrogens (tertiary/aromatic N) is 3. The largest absolute Gasteiger partial charge is 0.364 e. The summed E-state index contributed by atoms with van der Waals surface area (Å²) in [4.78, 5) is 25.7. The van der Waals surface area contributed by atoms with E-state index in [1.54, 1.807) is 6.33 Å². The number of hydrogen-bond acceptors (Lipinski definition) is 3. The fraction of sp³-hybridized carbons (Fsp3) is 0.212. The smallest absolute Gasteiger partial charge is 0.254 e. The molecule has 1 aliphatic heterocycles. The zero-order valence-electron chi connectivity index (χ0n) is 21.7. The van der Waals surface area contributed by atoms with Gasteiger partial charge in [-0.15, -0.1) is 0 Å². The topological polar surface area (TPSA) is 52.2 Å². The van der Waals surface area contributed by atoms with Crippen molar-refractivity contribution in [1.82, 2.24) is 14.9 Å². The highest BCUT2D eigenvalue weighted by Crippen LogP contribution is 2.32. The maximum Gasteiger partial charge on any atom is 0.254 e. The van der Waals surface area contributed by atoms with Gasteiger partial charge in [-0.05, 0) is 57.6 Å². The van der Waals surface area contributed by atoms with Crippen LogP contribution in [0.25, 0.3) is 21.9 Å². The molecule has 0 atom stereocenters. The molecule has 5 heteroatoms. The Morgan fingerprint density at radius 1 is 0.921 bits per heavy atom. The van der Waals surface area contributed by atoms with Crippen LogP contribution in [-0.4, -0.2) is 33.9 Å². The second-order valence-corrected chi connectivity index (χ2v) is 10.0. The predicted molar refractivity (Wildman–Crippen MR) is 154 cm³/mol. The molecule has 0 saturated carbocycles. The third-order valence-electron chi connectivity index (χ3n) is 7.47. The molecule has 0 unspecified atom stereocenters. The second kappa shape index (κ2) is 10.5. The van der Waals surface area contributed by atoms with Crippen molar-refractivity contribution in [2.75, 3.05) is 18.0 Å². The van der Waals surface area contributed by atoms with E-state index in [2.05, 4.69) is 76.4 Å². The van der Waals surface area contributed by atoms with E-state index in [1.807, 2.05) is 41.4 Å². The van der Waals surface area contributed by atoms with Crippen molar-refractivity contribution in [1.29, 1.82) is 0 Å². The van der Waals surface area contributed by atoms with E-state index in [1.165, 1.54) is 22.4 Å². The standard InChI is InChI=1S/C33H32N4O/c1-2-6-24-11-13-25(14-12-24)27-15-16-32-28(19-27)21-37(18-17-36(32)22-29-20-34-23-35-29)33(38)31-10-5-8-26-7-3-4-9-30(26)31/h3-5,7-16,19-20,23H,2,6,17-18,21-22H2,1H3,(H,34,35). The SMILES string of the molecule is CCCc1ccc(-c2ccc3c(c2)CN(C(=O)c2cccc4ccccc24)CCN3Cc2cnc[nH]2)cc1. The van der Waals surface area contributed by atoms with Gasteiger partial charge in [-0.25, -0.2) is 4.98 Å². The number of rotatable bonds is 6. The summed E-state index contributed by atoms with van der Waals surface area (Å²) in [6.07, 6.45) is 5.83. The molecule has 5 nitrogen and oxygen atoms in total. The van der Waals surface area contributed by atoms with Gasteiger partial charge in [-0.1, -0.05) is 80.1 Å². The quantitative estimate of drug-likeness (QED) is 0.278. The molecule has 38 heavy (non-hydrogen) atoms. The van der Waals surface area contributed by atoms with Crippen molar-refractivity contribution < 1.29 is 4.79 Å². The van der Waals surface area contributed by atoms with Crippen LogP contribution in [-0.2, 0) is 19.5 Å². The normalized spacial score (nSPS) is 13.4. The fourth-order valence-electron chi connectivity index (χ4n) is 5.50. The number of fused-ring (bicyclic) bond motifs is 2. The van der Waals surface area contributed by atoms with Crippen LogP contribution in [0.4, 0.5) is 5.69 Å². The number of anilines is 1. The Morgan fingerprint density at radius 3 is 2.55 bits per heavy atom. The van der Waals surface area contributed by atoms with Crippen molar-refractivity contribution in [3.63, 3.8) is 0 Å². The van der Waals surface area contributed by atoms with E-state index >= 15 is 0 Å². The van der Waals surface area contributed by atoms with E-state index in [9.17, 15) is 4.79 Å². The number of aromatic amines is 1. The first-order valence-corrected chi connectivity index (χ1v) is 13.4. The maximum absolute atomic E-state index is 13.9. The lowest BCUT2D eigenvalue weighted by atomic mass is 9.99. The minimum atomic E-state index is 0.0745. The summed E-state index contributed by atoms with van der Waals surface area (Å²) in [5.74, 6) is 0.0745. The summed E-state index contributed by atoms with van der Waals surface area (Å²) in [5.41, 5.74) is 7.87. The third-order valence-corrected chi connectivity index (χ3v) is 7.47. The van der Waals surface area contributed by atoms with Gasteiger partial charge in [-0.2, -0.15) is 0 Å². The maximum atomic E-state index is 13.9. The molecule has 5 aromatic rings. The van der Waals surface area contributed by atoms with Crippen LogP contribution >= 0.6 is 0 Å². The molecule has 190 valence electrons. The lowest BCUT2D eigenvalue weighted by Crippen LogP contribution is -2.35. The van der Waals surface area contributed by atoms with Crippen LogP contribution < -0.4 is 4.90 Å². The summed E-state index contributed by atoms with van der Waals surface area (Å²) in [6, 6.07) is 29.7. The van der Waals surface area contributed by atoms with Crippen molar-refractivity contribution in [3.8, 4) is 11.1 Å². The average molecular weight is 501 g/mol. The Hall–Kier alpha value is -4.38. The number of amides is 1. The van der Waals surface area contributed by atoms with Gasteiger partial charge >= 0.3 is 0 Å². The van der Waals surface area contributed by atoms with Crippen LogP contribution in [0.3, 0.4) is 0 Å². The summed E-state index contributed by atoms with van der Waals surface area (Å²) in [5, 5.41) is 2.09. The van der Waals surface area contributed by atoms with Gasteiger partial charge in [0.25, 0.3) is 5.91 Å². The van der Waals surface area contributed by atoms with Gasteiger partial charge in [-0.3, -0.25) is 4.79 Å². The molecule has 0 aliphatic carbocycles. The van der Waals surface area contributed by atoms with E-state index in [0.717, 1.165) is 47.0 Å². The Balaban J connectivity index is 1.36. The van der Waals surface area contributed by atoms with E-state index in [4.69, 9.17) is 0 Å². The van der Waals surface area contributed by atoms with Crippen LogP contribution in [0.15, 0.2) is 97.5 Å². The van der Waals surface area contributed by atoms with Gasteiger partial charge < -0.3 is 14.8 Å². The van der Waals surface area contributed by atoms with Crippen LogP contribution in [0, 0.1) is 0 Å². The molecule has 1 aliphatic rings. The summed E-state index contributed by atoms with van der Waals surface area (Å²) in [7, 11) is 0. The van der Waals surface area contributed by atoms with Gasteiger partial charge in [0.05, 0.1) is 18.6 Å². The van der Waals surface area contributed by atoms with Crippen LogP contribution in [0.5, 0.6) is 0 Å². The van der Waals surface area contributed by atoms with Gasteiger partial charge in [0, 0.05) is 37.1 Å². The Labute approximate surface area is 223 Å². The average Bonchev–Trinajstić information content (AvgIpc) is 3.41. The summed E-state index contributed by atoms with van der Waals surface area (Å²) >= 11 is 0. The summed E-state index contributed by atoms with van der Waals surface area (Å²) < 4.78 is 0. The van der Waals surface area contributed by atoms with Crippen LogP contribution in [0.2, 0.25) is 0 Å². The van der Waals surface area contributed by atoms with E-state index in [0.29, 0.717) is 19.6 Å². The molecule has 6 rings (SSSR count). The molecule has 0 fully saturated rings. The van der Waals surface area contributed by atoms with Gasteiger partial charge in [0.15, 0.2) is 0 Å². The first-order valence-electron chi connectivity index (χ1n) is 13.4. The summed E-state index contributed by atoms with van der Waals surface area (Å²) in [6.45, 7) is 4.88. The molecular weight excluding hydrogens is 468 g/mol. The molecule has 1 N–H and O–H groups in total. The van der Waals surface area contributed by atoms with Gasteiger partial charge in [0.1, 0.15) is 0 Å². The molecule has 0 spiro atoms. The van der Waals surface area contributed by atoms with Crippen LogP contribution in [0.1, 0.15) is 40.5 Å². The van der Waals surface area contributed by atoms with Crippen molar-refractivity contribution in [3.05, 3.63) is 120 Å². The molecule has 1 aromatic heterocycles. The highest BCUT2D eigenvalue weighted by molar-refractivity contribution is 6.07. The number of carbonyl (C=O) groups is 1. The minimum Gasteiger partial charge on any atom is -0.364 e. The van der Waals surface area contributed by atoms with Gasteiger partial charge in [0.2, 0.25) is 0 Å². The Bertz CT molecular complexity index is 1550. The zero-order chi connectivity index (χ0) is 25.9. The highest BCUT2D eigenvalue weighted by atomic mass is 16.2. The number of carbonyl (C=O) groups excluding carboxylic acids is 1. The van der Waals surface area contributed by atoms with E-state index in [-0.39, 0.29) is 5.91 Å². The molecule has 0 radical (unpaired) electrons. The predicted octanol–water partition coefficient (Wildman–Crippen LogP) is 6.85. The van der Waals surface area contributed by atoms with Crippen molar-refractivity contribution >= 4 is 22.4 Å². The molecular formula is C33H32N4O. The minimum absolute atomic E-state index is 0.0745. The molecule has 1 amide bonds. The number of nitrogens with one attached hydrogen (secondary N) is 1.